The Morgan fingerprint density at radius 3 is 2.55 bits per heavy atom. The number of nitrogens with zero attached hydrogens (tertiary/aromatic N) is 1. The maximum Gasteiger partial charge on any atom is 0.290 e. The lowest BCUT2D eigenvalue weighted by molar-refractivity contribution is 0.0896. The monoisotopic (exact) mass is 281 g/mol. The topological polar surface area (TPSA) is 81.2 Å². The normalized spacial score (nSPS) is 12.9. The Morgan fingerprint density at radius 2 is 2.05 bits per heavy atom. The second kappa shape index (κ2) is 8.04. The summed E-state index contributed by atoms with van der Waals surface area (Å²) < 4.78 is 5.16. The van der Waals surface area contributed by atoms with Crippen molar-refractivity contribution in [1.82, 2.24) is 10.5 Å². The molecule has 1 unspecified atom stereocenters. The minimum Gasteiger partial charge on any atom is -0.351 e. The fraction of sp³-hybridized carbons (Fsp3) is 0.733. The number of aromatic nitrogens is 1. The molecule has 0 saturated heterocycles. The van der Waals surface area contributed by atoms with Crippen LogP contribution in [0.1, 0.15) is 69.1 Å². The molecule has 0 spiro atoms. The van der Waals surface area contributed by atoms with Crippen molar-refractivity contribution in [1.29, 1.82) is 0 Å². The van der Waals surface area contributed by atoms with Crippen LogP contribution in [0.4, 0.5) is 0 Å². The minimum absolute atomic E-state index is 0.0239. The third-order valence-electron chi connectivity index (χ3n) is 3.53. The second-order valence-electron chi connectivity index (χ2n) is 5.67. The van der Waals surface area contributed by atoms with Crippen molar-refractivity contribution < 1.29 is 9.32 Å². The predicted octanol–water partition coefficient (Wildman–Crippen LogP) is 2.68. The van der Waals surface area contributed by atoms with Crippen LogP contribution in [0.5, 0.6) is 0 Å². The molecule has 1 amide bonds. The van der Waals surface area contributed by atoms with Crippen molar-refractivity contribution in [3.05, 3.63) is 17.5 Å². The van der Waals surface area contributed by atoms with Crippen LogP contribution in [0.3, 0.4) is 0 Å². The van der Waals surface area contributed by atoms with Crippen molar-refractivity contribution in [2.75, 3.05) is 6.54 Å². The van der Waals surface area contributed by atoms with Crippen molar-refractivity contribution in [2.24, 2.45) is 11.7 Å². The number of rotatable bonds is 8. The number of nitrogens with one attached hydrogen (secondary N) is 1. The van der Waals surface area contributed by atoms with E-state index in [0.717, 1.165) is 25.0 Å². The van der Waals surface area contributed by atoms with Crippen LogP contribution in [0.15, 0.2) is 10.6 Å². The first-order valence-electron chi connectivity index (χ1n) is 7.49. The molecule has 1 atom stereocenters. The lowest BCUT2D eigenvalue weighted by atomic mass is 9.99. The van der Waals surface area contributed by atoms with E-state index < -0.39 is 0 Å². The van der Waals surface area contributed by atoms with Gasteiger partial charge >= 0.3 is 0 Å². The van der Waals surface area contributed by atoms with Gasteiger partial charge in [0.15, 0.2) is 0 Å². The van der Waals surface area contributed by atoms with Crippen LogP contribution in [0, 0.1) is 5.92 Å². The molecule has 1 aromatic rings. The molecule has 1 rings (SSSR count). The number of hydrogen-bond acceptors (Lipinski definition) is 4. The Labute approximate surface area is 121 Å². The quantitative estimate of drug-likeness (QED) is 0.767. The lowest BCUT2D eigenvalue weighted by Gasteiger charge is -2.17. The van der Waals surface area contributed by atoms with Crippen LogP contribution in [0.25, 0.3) is 0 Å². The molecular weight excluding hydrogens is 254 g/mol. The Hall–Kier alpha value is -1.36. The summed E-state index contributed by atoms with van der Waals surface area (Å²) in [6, 6.07) is 1.72. The van der Waals surface area contributed by atoms with Gasteiger partial charge in [-0.3, -0.25) is 4.79 Å². The summed E-state index contributed by atoms with van der Waals surface area (Å²) in [7, 11) is 0. The zero-order chi connectivity index (χ0) is 15.1. The van der Waals surface area contributed by atoms with Crippen LogP contribution in [-0.4, -0.2) is 23.7 Å². The summed E-state index contributed by atoms with van der Waals surface area (Å²) in [4.78, 5) is 12.1. The first-order valence-corrected chi connectivity index (χ1v) is 7.49. The summed E-state index contributed by atoms with van der Waals surface area (Å²) in [6.45, 7) is 8.85. The molecule has 20 heavy (non-hydrogen) atoms. The number of carbonyl (C=O) groups is 1. The summed E-state index contributed by atoms with van der Waals surface area (Å²) in [5, 5.41) is 6.91. The Bertz CT molecular complexity index is 411. The van der Waals surface area contributed by atoms with E-state index in [2.05, 4.69) is 38.2 Å². The zero-order valence-corrected chi connectivity index (χ0v) is 13.0. The van der Waals surface area contributed by atoms with Crippen molar-refractivity contribution in [3.63, 3.8) is 0 Å². The first-order chi connectivity index (χ1) is 9.51. The summed E-state index contributed by atoms with van der Waals surface area (Å²) in [5.41, 5.74) is 6.54. The fourth-order valence-electron chi connectivity index (χ4n) is 2.33. The molecule has 1 aromatic heterocycles. The van der Waals surface area contributed by atoms with Crippen LogP contribution < -0.4 is 11.1 Å². The number of amides is 1. The van der Waals surface area contributed by atoms with Gasteiger partial charge in [0.1, 0.15) is 0 Å². The SMILES string of the molecule is CCC(CC)c1cc(C(=O)NC(CN)CC(C)C)on1. The third-order valence-corrected chi connectivity index (χ3v) is 3.53. The van der Waals surface area contributed by atoms with E-state index in [-0.39, 0.29) is 17.7 Å². The van der Waals surface area contributed by atoms with E-state index in [1.165, 1.54) is 0 Å². The molecule has 114 valence electrons. The van der Waals surface area contributed by atoms with Gasteiger partial charge in [-0.25, -0.2) is 0 Å². The van der Waals surface area contributed by atoms with E-state index >= 15 is 0 Å². The molecule has 0 aliphatic rings. The molecule has 0 fully saturated rings. The molecule has 0 saturated carbocycles. The van der Waals surface area contributed by atoms with E-state index in [1.54, 1.807) is 6.07 Å². The molecule has 0 aromatic carbocycles. The fourth-order valence-corrected chi connectivity index (χ4v) is 2.33. The average molecular weight is 281 g/mol. The number of nitrogens with two attached hydrogens (primary N) is 1. The van der Waals surface area contributed by atoms with E-state index in [1.807, 2.05) is 0 Å². The van der Waals surface area contributed by atoms with Gasteiger partial charge in [-0.1, -0.05) is 32.9 Å². The maximum absolute atomic E-state index is 12.1. The predicted molar refractivity (Wildman–Crippen MR) is 79.6 cm³/mol. The van der Waals surface area contributed by atoms with E-state index in [4.69, 9.17) is 10.3 Å². The Balaban J connectivity index is 2.68. The highest BCUT2D eigenvalue weighted by molar-refractivity contribution is 5.91. The standard InChI is InChI=1S/C15H27N3O2/c1-5-11(6-2)13-8-14(20-18-13)15(19)17-12(9-16)7-10(3)4/h8,10-12H,5-7,9,16H2,1-4H3,(H,17,19). The lowest BCUT2D eigenvalue weighted by Crippen LogP contribution is -2.40. The smallest absolute Gasteiger partial charge is 0.290 e. The van der Waals surface area contributed by atoms with Gasteiger partial charge in [0.05, 0.1) is 5.69 Å². The van der Waals surface area contributed by atoms with Crippen molar-refractivity contribution in [2.45, 2.75) is 58.9 Å². The molecule has 1 heterocycles. The molecule has 5 heteroatoms. The highest BCUT2D eigenvalue weighted by Gasteiger charge is 2.20. The van der Waals surface area contributed by atoms with E-state index in [9.17, 15) is 4.79 Å². The molecule has 0 radical (unpaired) electrons. The molecule has 5 nitrogen and oxygen atoms in total. The molecule has 3 N–H and O–H groups in total. The average Bonchev–Trinajstić information content (AvgIpc) is 2.88. The van der Waals surface area contributed by atoms with Crippen LogP contribution >= 0.6 is 0 Å². The highest BCUT2D eigenvalue weighted by atomic mass is 16.5. The summed E-state index contributed by atoms with van der Waals surface area (Å²) in [5.74, 6) is 0.875. The Morgan fingerprint density at radius 1 is 1.40 bits per heavy atom. The van der Waals surface area contributed by atoms with Crippen LogP contribution in [0.2, 0.25) is 0 Å². The summed E-state index contributed by atoms with van der Waals surface area (Å²) in [6.07, 6.45) is 2.83. The van der Waals surface area contributed by atoms with Gasteiger partial charge in [-0.05, 0) is 25.2 Å². The largest absolute Gasteiger partial charge is 0.351 e. The first kappa shape index (κ1) is 16.7. The number of hydrogen-bond donors (Lipinski definition) is 2. The van der Waals surface area contributed by atoms with Crippen LogP contribution in [-0.2, 0) is 0 Å². The van der Waals surface area contributed by atoms with Gasteiger partial charge in [-0.2, -0.15) is 0 Å². The van der Waals surface area contributed by atoms with Gasteiger partial charge in [0, 0.05) is 24.6 Å². The Kier molecular flexibility index (Phi) is 6.71. The van der Waals surface area contributed by atoms with E-state index in [0.29, 0.717) is 18.4 Å². The molecular formula is C15H27N3O2. The highest BCUT2D eigenvalue weighted by Crippen LogP contribution is 2.22. The number of carbonyl (C=O) groups excluding carboxylic acids is 1. The minimum atomic E-state index is -0.231. The molecule has 0 bridgehead atoms. The second-order valence-corrected chi connectivity index (χ2v) is 5.67. The van der Waals surface area contributed by atoms with Gasteiger partial charge < -0.3 is 15.6 Å². The maximum atomic E-state index is 12.1. The van der Waals surface area contributed by atoms with Crippen molar-refractivity contribution >= 4 is 5.91 Å². The molecule has 0 aliphatic carbocycles. The zero-order valence-electron chi connectivity index (χ0n) is 13.0. The van der Waals surface area contributed by atoms with Crippen molar-refractivity contribution in [3.8, 4) is 0 Å². The van der Waals surface area contributed by atoms with Gasteiger partial charge in [-0.15, -0.1) is 0 Å². The van der Waals surface area contributed by atoms with Gasteiger partial charge in [0.2, 0.25) is 5.76 Å². The van der Waals surface area contributed by atoms with Gasteiger partial charge in [0.25, 0.3) is 5.91 Å². The summed E-state index contributed by atoms with van der Waals surface area (Å²) >= 11 is 0. The third kappa shape index (κ3) is 4.63. The molecule has 0 aliphatic heterocycles.